The van der Waals surface area contributed by atoms with Gasteiger partial charge < -0.3 is 9.88 Å². The normalized spacial score (nSPS) is 15.4. The van der Waals surface area contributed by atoms with Gasteiger partial charge in [0.1, 0.15) is 0 Å². The highest BCUT2D eigenvalue weighted by molar-refractivity contribution is 7.99. The fraction of sp³-hybridized carbons (Fsp3) is 0.417. The van der Waals surface area contributed by atoms with Crippen molar-refractivity contribution in [2.45, 2.75) is 31.6 Å². The monoisotopic (exact) mass is 393 g/mol. The van der Waals surface area contributed by atoms with E-state index < -0.39 is 0 Å². The number of hydrogen-bond donors (Lipinski definition) is 1. The molecule has 0 unspecified atom stereocenters. The fourth-order valence-electron chi connectivity index (χ4n) is 4.20. The summed E-state index contributed by atoms with van der Waals surface area (Å²) in [4.78, 5) is 9.99. The van der Waals surface area contributed by atoms with Crippen LogP contribution in [0.15, 0.2) is 53.6 Å². The summed E-state index contributed by atoms with van der Waals surface area (Å²) in [6, 6.07) is 15.4. The van der Waals surface area contributed by atoms with Gasteiger partial charge >= 0.3 is 0 Å². The third-order valence-corrected chi connectivity index (χ3v) is 7.23. The molecule has 3 aromatic rings. The summed E-state index contributed by atoms with van der Waals surface area (Å²) in [6.45, 7) is 10.3. The van der Waals surface area contributed by atoms with Gasteiger partial charge in [-0.05, 0) is 68.3 Å². The highest BCUT2D eigenvalue weighted by Crippen LogP contribution is 2.28. The molecule has 1 fully saturated rings. The van der Waals surface area contributed by atoms with Crippen LogP contribution in [0.4, 0.5) is 5.69 Å². The summed E-state index contributed by atoms with van der Waals surface area (Å²) in [5.74, 6) is 1.22. The molecule has 148 valence electrons. The summed E-state index contributed by atoms with van der Waals surface area (Å²) in [7, 11) is 0. The van der Waals surface area contributed by atoms with Crippen molar-refractivity contribution in [3.8, 4) is 0 Å². The number of anilines is 1. The van der Waals surface area contributed by atoms with Gasteiger partial charge in [-0.25, -0.2) is 0 Å². The first-order valence-electron chi connectivity index (χ1n) is 10.4. The topological polar surface area (TPSA) is 22.3 Å². The van der Waals surface area contributed by atoms with Crippen LogP contribution in [0, 0.1) is 13.8 Å². The average molecular weight is 394 g/mol. The van der Waals surface area contributed by atoms with E-state index >= 15 is 0 Å². The molecule has 1 aromatic heterocycles. The summed E-state index contributed by atoms with van der Waals surface area (Å²) < 4.78 is 0. The first kappa shape index (κ1) is 19.4. The minimum atomic E-state index is 1.13. The Morgan fingerprint density at radius 3 is 2.43 bits per heavy atom. The Labute approximate surface area is 173 Å². The van der Waals surface area contributed by atoms with Crippen molar-refractivity contribution < 1.29 is 0 Å². The number of unbranched alkanes of at least 4 members (excludes halogenated alkanes) is 1. The van der Waals surface area contributed by atoms with Crippen molar-refractivity contribution in [2.24, 2.45) is 0 Å². The van der Waals surface area contributed by atoms with Crippen LogP contribution in [0.5, 0.6) is 0 Å². The highest BCUT2D eigenvalue weighted by atomic mass is 32.2. The largest absolute Gasteiger partial charge is 0.368 e. The molecule has 4 heteroatoms. The van der Waals surface area contributed by atoms with E-state index in [2.05, 4.69) is 71.1 Å². The minimum Gasteiger partial charge on any atom is -0.368 e. The summed E-state index contributed by atoms with van der Waals surface area (Å²) in [5, 5.41) is 1.35. The molecular weight excluding hydrogens is 362 g/mol. The van der Waals surface area contributed by atoms with Gasteiger partial charge in [0.25, 0.3) is 0 Å². The molecule has 3 nitrogen and oxygen atoms in total. The zero-order valence-corrected chi connectivity index (χ0v) is 17.9. The number of aromatic amines is 1. The molecule has 1 saturated heterocycles. The number of aromatic nitrogens is 1. The van der Waals surface area contributed by atoms with Crippen LogP contribution in [0.2, 0.25) is 0 Å². The zero-order chi connectivity index (χ0) is 19.3. The van der Waals surface area contributed by atoms with Gasteiger partial charge in [-0.3, -0.25) is 4.90 Å². The number of benzene rings is 2. The van der Waals surface area contributed by atoms with E-state index in [1.165, 1.54) is 70.8 Å². The predicted molar refractivity (Wildman–Crippen MR) is 123 cm³/mol. The van der Waals surface area contributed by atoms with Crippen LogP contribution in [0.3, 0.4) is 0 Å². The van der Waals surface area contributed by atoms with Gasteiger partial charge in [0, 0.05) is 53.9 Å². The van der Waals surface area contributed by atoms with Gasteiger partial charge in [-0.15, -0.1) is 11.8 Å². The molecule has 0 amide bonds. The van der Waals surface area contributed by atoms with Crippen LogP contribution < -0.4 is 4.90 Å². The molecule has 1 aliphatic rings. The lowest BCUT2D eigenvalue weighted by Gasteiger charge is -2.36. The van der Waals surface area contributed by atoms with Crippen LogP contribution >= 0.6 is 11.8 Å². The fourth-order valence-corrected chi connectivity index (χ4v) is 5.34. The number of thioether (sulfide) groups is 1. The van der Waals surface area contributed by atoms with E-state index in [9.17, 15) is 0 Å². The Morgan fingerprint density at radius 2 is 1.64 bits per heavy atom. The molecule has 2 heterocycles. The third kappa shape index (κ3) is 4.39. The third-order valence-electron chi connectivity index (χ3n) is 5.81. The van der Waals surface area contributed by atoms with Gasteiger partial charge in [-0.2, -0.15) is 0 Å². The summed E-state index contributed by atoms with van der Waals surface area (Å²) >= 11 is 2.03. The summed E-state index contributed by atoms with van der Waals surface area (Å²) in [5.41, 5.74) is 5.45. The molecular formula is C24H31N3S. The van der Waals surface area contributed by atoms with Gasteiger partial charge in [0.15, 0.2) is 0 Å². The van der Waals surface area contributed by atoms with Crippen molar-refractivity contribution in [1.29, 1.82) is 0 Å². The Kier molecular flexibility index (Phi) is 6.28. The number of hydrogen-bond acceptors (Lipinski definition) is 3. The van der Waals surface area contributed by atoms with Crippen molar-refractivity contribution in [2.75, 3.05) is 43.4 Å². The Morgan fingerprint density at radius 1 is 0.893 bits per heavy atom. The van der Waals surface area contributed by atoms with E-state index in [0.29, 0.717) is 0 Å². The molecule has 0 bridgehead atoms. The lowest BCUT2D eigenvalue weighted by molar-refractivity contribution is 0.254. The Balaban J connectivity index is 1.20. The molecule has 0 atom stereocenters. The maximum Gasteiger partial charge on any atom is 0.0474 e. The van der Waals surface area contributed by atoms with Gasteiger partial charge in [-0.1, -0.05) is 24.3 Å². The highest BCUT2D eigenvalue weighted by Gasteiger charge is 2.18. The predicted octanol–water partition coefficient (Wildman–Crippen LogP) is 5.48. The summed E-state index contributed by atoms with van der Waals surface area (Å²) in [6.07, 6.45) is 4.63. The molecule has 2 aromatic carbocycles. The van der Waals surface area contributed by atoms with E-state index in [4.69, 9.17) is 0 Å². The number of aryl methyl sites for hydroxylation is 2. The van der Waals surface area contributed by atoms with Crippen LogP contribution in [-0.4, -0.2) is 48.4 Å². The SMILES string of the molecule is Cc1cccc(C)c1SCCCCN1CCN(c2cccc3[nH]ccc23)CC1. The van der Waals surface area contributed by atoms with E-state index in [1.807, 2.05) is 18.0 Å². The van der Waals surface area contributed by atoms with Gasteiger partial charge in [0.05, 0.1) is 0 Å². The second-order valence-electron chi connectivity index (χ2n) is 7.82. The minimum absolute atomic E-state index is 1.13. The van der Waals surface area contributed by atoms with Crippen molar-refractivity contribution in [1.82, 2.24) is 9.88 Å². The van der Waals surface area contributed by atoms with Crippen LogP contribution in [0.25, 0.3) is 10.9 Å². The molecule has 0 spiro atoms. The van der Waals surface area contributed by atoms with Crippen molar-refractivity contribution >= 4 is 28.4 Å². The first-order chi connectivity index (χ1) is 13.7. The molecule has 28 heavy (non-hydrogen) atoms. The number of fused-ring (bicyclic) bond motifs is 1. The Hall–Kier alpha value is -1.91. The average Bonchev–Trinajstić information content (AvgIpc) is 3.19. The standard InChI is InChI=1S/C24H31N3S/c1-19-7-5-8-20(2)24(19)28-18-4-3-13-26-14-16-27(17-15-26)23-10-6-9-22-21(23)11-12-25-22/h5-12,25H,3-4,13-18H2,1-2H3. The van der Waals surface area contributed by atoms with Crippen LogP contribution in [0.1, 0.15) is 24.0 Å². The maximum absolute atomic E-state index is 3.33. The van der Waals surface area contributed by atoms with Gasteiger partial charge in [0.2, 0.25) is 0 Å². The number of nitrogens with zero attached hydrogens (tertiary/aromatic N) is 2. The van der Waals surface area contributed by atoms with Crippen LogP contribution in [-0.2, 0) is 0 Å². The molecule has 1 aliphatic heterocycles. The number of piperazine rings is 1. The molecule has 0 saturated carbocycles. The van der Waals surface area contributed by atoms with Crippen molar-refractivity contribution in [3.63, 3.8) is 0 Å². The van der Waals surface area contributed by atoms with E-state index in [-0.39, 0.29) is 0 Å². The molecule has 1 N–H and O–H groups in total. The van der Waals surface area contributed by atoms with E-state index in [0.717, 1.165) is 13.1 Å². The number of H-pyrrole nitrogens is 1. The lowest BCUT2D eigenvalue weighted by atomic mass is 10.1. The smallest absolute Gasteiger partial charge is 0.0474 e. The molecule has 4 rings (SSSR count). The maximum atomic E-state index is 3.33. The number of nitrogens with one attached hydrogen (secondary N) is 1. The Bertz CT molecular complexity index is 889. The van der Waals surface area contributed by atoms with Crippen molar-refractivity contribution in [3.05, 3.63) is 59.8 Å². The quantitative estimate of drug-likeness (QED) is 0.424. The first-order valence-corrected chi connectivity index (χ1v) is 11.4. The molecule has 0 aliphatic carbocycles. The second-order valence-corrected chi connectivity index (χ2v) is 8.93. The zero-order valence-electron chi connectivity index (χ0n) is 17.1. The lowest BCUT2D eigenvalue weighted by Crippen LogP contribution is -2.46. The molecule has 0 radical (unpaired) electrons. The number of rotatable bonds is 7. The second kappa shape index (κ2) is 9.06. The van der Waals surface area contributed by atoms with E-state index in [1.54, 1.807) is 0 Å².